The van der Waals surface area contributed by atoms with Crippen molar-refractivity contribution < 1.29 is 38.6 Å². The van der Waals surface area contributed by atoms with Crippen LogP contribution in [0.1, 0.15) is 56.2 Å². The molecule has 11 heteroatoms. The van der Waals surface area contributed by atoms with Crippen LogP contribution in [-0.4, -0.2) is 90.0 Å². The predicted octanol–water partition coefficient (Wildman–Crippen LogP) is 2.72. The van der Waals surface area contributed by atoms with Crippen molar-refractivity contribution in [3.63, 3.8) is 0 Å². The molecule has 1 fully saturated rings. The van der Waals surface area contributed by atoms with Crippen LogP contribution in [0.15, 0.2) is 6.07 Å². The van der Waals surface area contributed by atoms with Crippen LogP contribution in [0.5, 0.6) is 11.5 Å². The number of aryl methyl sites for hydroxylation is 1. The third-order valence-electron chi connectivity index (χ3n) is 7.00. The van der Waals surface area contributed by atoms with E-state index in [0.29, 0.717) is 48.5 Å². The summed E-state index contributed by atoms with van der Waals surface area (Å²) in [7, 11) is 3.92. The number of ether oxygens (including phenoxy) is 2. The predicted molar refractivity (Wildman–Crippen MR) is 137 cm³/mol. The van der Waals surface area contributed by atoms with Crippen LogP contribution >= 0.6 is 0 Å². The van der Waals surface area contributed by atoms with Gasteiger partial charge in [-0.05, 0) is 56.4 Å². The highest BCUT2D eigenvalue weighted by atomic mass is 17.0. The average Bonchev–Trinajstić information content (AvgIpc) is 2.78. The number of likely N-dealkylation sites (N-methyl/N-ethyl adjacent to an activating group) is 1. The lowest BCUT2D eigenvalue weighted by Crippen LogP contribution is -2.55. The zero-order valence-electron chi connectivity index (χ0n) is 23.1. The Hall–Kier alpha value is -2.92. The fraction of sp³-hybridized carbons (Fsp3) is 0.692. The summed E-state index contributed by atoms with van der Waals surface area (Å²) in [5.74, 6) is 0.607. The number of hydrogen-bond donors (Lipinski definition) is 1. The van der Waals surface area contributed by atoms with E-state index in [4.69, 9.17) is 14.3 Å². The second-order valence-electron chi connectivity index (χ2n) is 10.6. The highest BCUT2D eigenvalue weighted by molar-refractivity contribution is 5.73. The van der Waals surface area contributed by atoms with Gasteiger partial charge in [-0.3, -0.25) is 9.59 Å². The van der Waals surface area contributed by atoms with E-state index in [9.17, 15) is 24.8 Å². The molecule has 1 aromatic carbocycles. The summed E-state index contributed by atoms with van der Waals surface area (Å²) in [5, 5.41) is 20.9. The molecule has 11 nitrogen and oxygen atoms in total. The van der Waals surface area contributed by atoms with Crippen molar-refractivity contribution in [2.24, 2.45) is 0 Å². The van der Waals surface area contributed by atoms with Gasteiger partial charge < -0.3 is 28.8 Å². The molecule has 1 N–H and O–H groups in total. The van der Waals surface area contributed by atoms with Gasteiger partial charge >= 0.3 is 5.97 Å². The van der Waals surface area contributed by atoms with Crippen molar-refractivity contribution in [2.75, 3.05) is 40.3 Å². The van der Waals surface area contributed by atoms with Crippen molar-refractivity contribution in [3.05, 3.63) is 32.9 Å². The Morgan fingerprint density at radius 1 is 1.19 bits per heavy atom. The number of amides is 1. The summed E-state index contributed by atoms with van der Waals surface area (Å²) in [6.45, 7) is 9.80. The zero-order chi connectivity index (χ0) is 27.9. The first kappa shape index (κ1) is 30.3. The largest absolute Gasteiger partial charge is 0.490 e. The molecule has 208 valence electrons. The monoisotopic (exact) mass is 524 g/mol. The van der Waals surface area contributed by atoms with Crippen molar-refractivity contribution in [3.8, 4) is 11.5 Å². The lowest BCUT2D eigenvalue weighted by Gasteiger charge is -2.40. The quantitative estimate of drug-likeness (QED) is 0.145. The number of aliphatic hydroxyl groups excluding tert-OH is 1. The summed E-state index contributed by atoms with van der Waals surface area (Å²) >= 11 is 0. The minimum atomic E-state index is -0.772. The van der Waals surface area contributed by atoms with E-state index in [1.54, 1.807) is 11.0 Å². The molecule has 0 spiro atoms. The molecule has 0 heterocycles. The average molecular weight is 525 g/mol. The zero-order valence-corrected chi connectivity index (χ0v) is 23.1. The topological polar surface area (TPSA) is 128 Å². The van der Waals surface area contributed by atoms with E-state index in [0.717, 1.165) is 29.5 Å². The molecule has 0 saturated heterocycles. The molecule has 1 saturated carbocycles. The first-order valence-electron chi connectivity index (χ1n) is 12.7. The van der Waals surface area contributed by atoms with Gasteiger partial charge in [-0.1, -0.05) is 12.8 Å². The number of carbonyl (C=O) groups is 2. The van der Waals surface area contributed by atoms with Crippen LogP contribution < -0.4 is 9.47 Å². The molecular formula is C26H42N3O8+. The van der Waals surface area contributed by atoms with Gasteiger partial charge in [0, 0.05) is 13.8 Å². The number of esters is 1. The molecule has 1 aliphatic carbocycles. The fourth-order valence-electron chi connectivity index (χ4n) is 4.98. The fourth-order valence-corrected chi connectivity index (χ4v) is 4.98. The lowest BCUT2D eigenvalue weighted by atomic mass is 9.91. The van der Waals surface area contributed by atoms with Crippen molar-refractivity contribution >= 4 is 11.9 Å². The first-order valence-corrected chi connectivity index (χ1v) is 12.7. The minimum Gasteiger partial charge on any atom is -0.490 e. The second-order valence-corrected chi connectivity index (χ2v) is 10.6. The molecule has 37 heavy (non-hydrogen) atoms. The SMILES string of the molecule is CC(=O)Oc1c(C)cc(OCC(O)C[N+](C)(C)CCN(C(C)=O)C2CCCCC2O[N+](=O)[O-])c(C)c1C. The molecule has 3 atom stereocenters. The van der Waals surface area contributed by atoms with Crippen LogP contribution in [-0.2, 0) is 14.4 Å². The smallest absolute Gasteiger partial charge is 0.308 e. The number of carbonyl (C=O) groups excluding carboxylic acids is 2. The van der Waals surface area contributed by atoms with E-state index in [1.165, 1.54) is 13.8 Å². The van der Waals surface area contributed by atoms with Crippen LogP contribution in [0.25, 0.3) is 0 Å². The van der Waals surface area contributed by atoms with Gasteiger partial charge in [0.25, 0.3) is 5.09 Å². The van der Waals surface area contributed by atoms with Crippen LogP contribution in [0.3, 0.4) is 0 Å². The number of nitrogens with zero attached hydrogens (tertiary/aromatic N) is 3. The molecule has 0 aliphatic heterocycles. The number of rotatable bonds is 12. The number of aliphatic hydroxyl groups is 1. The van der Waals surface area contributed by atoms with Gasteiger partial charge in [0.1, 0.15) is 36.9 Å². The third-order valence-corrected chi connectivity index (χ3v) is 7.00. The lowest BCUT2D eigenvalue weighted by molar-refractivity contribution is -0.892. The number of benzene rings is 1. The molecule has 2 rings (SSSR count). The maximum Gasteiger partial charge on any atom is 0.308 e. The van der Waals surface area contributed by atoms with E-state index in [2.05, 4.69) is 0 Å². The molecule has 0 radical (unpaired) electrons. The second kappa shape index (κ2) is 13.0. The van der Waals surface area contributed by atoms with Gasteiger partial charge in [0.15, 0.2) is 0 Å². The van der Waals surface area contributed by atoms with E-state index in [1.807, 2.05) is 34.9 Å². The maximum atomic E-state index is 12.4. The molecule has 1 aromatic rings. The standard InChI is InChI=1S/C26H42N3O8/c1-17-14-25(18(2)19(3)26(17)36-21(5)31)35-16-22(32)15-29(6,7)13-12-27(20(4)30)23-10-8-9-11-24(23)37-28(33)34/h14,22-24,32H,8-13,15-16H2,1-7H3/q+1. The minimum absolute atomic E-state index is 0.0755. The maximum absolute atomic E-state index is 12.4. The van der Waals surface area contributed by atoms with Gasteiger partial charge in [-0.2, -0.15) is 0 Å². The first-order chi connectivity index (χ1) is 17.2. The number of quaternary nitrogens is 1. The Morgan fingerprint density at radius 3 is 2.43 bits per heavy atom. The van der Waals surface area contributed by atoms with Gasteiger partial charge in [0.05, 0.1) is 33.2 Å². The Morgan fingerprint density at radius 2 is 1.84 bits per heavy atom. The van der Waals surface area contributed by atoms with Gasteiger partial charge in [-0.15, -0.1) is 10.1 Å². The van der Waals surface area contributed by atoms with Crippen LogP contribution in [0.4, 0.5) is 0 Å². The molecule has 3 unspecified atom stereocenters. The van der Waals surface area contributed by atoms with Gasteiger partial charge in [-0.25, -0.2) is 0 Å². The van der Waals surface area contributed by atoms with E-state index < -0.39 is 17.3 Å². The Kier molecular flexibility index (Phi) is 10.7. The molecule has 0 bridgehead atoms. The normalized spacial score (nSPS) is 18.6. The summed E-state index contributed by atoms with van der Waals surface area (Å²) in [6.07, 6.45) is 1.54. The Balaban J connectivity index is 1.98. The molecule has 1 aliphatic rings. The van der Waals surface area contributed by atoms with Crippen molar-refractivity contribution in [1.29, 1.82) is 0 Å². The molecule has 1 amide bonds. The Bertz CT molecular complexity index is 981. The third kappa shape index (κ3) is 8.85. The Labute approximate surface area is 219 Å². The van der Waals surface area contributed by atoms with Gasteiger partial charge in [0.2, 0.25) is 5.91 Å². The summed E-state index contributed by atoms with van der Waals surface area (Å²) < 4.78 is 11.7. The molecular weight excluding hydrogens is 482 g/mol. The summed E-state index contributed by atoms with van der Waals surface area (Å²) in [5.41, 5.74) is 2.41. The van der Waals surface area contributed by atoms with Crippen molar-refractivity contribution in [2.45, 2.75) is 78.6 Å². The highest BCUT2D eigenvalue weighted by Gasteiger charge is 2.35. The summed E-state index contributed by atoms with van der Waals surface area (Å²) in [4.78, 5) is 41.4. The molecule has 0 aromatic heterocycles. The highest BCUT2D eigenvalue weighted by Crippen LogP contribution is 2.33. The van der Waals surface area contributed by atoms with Crippen molar-refractivity contribution in [1.82, 2.24) is 4.90 Å². The van der Waals surface area contributed by atoms with E-state index >= 15 is 0 Å². The van der Waals surface area contributed by atoms with Crippen LogP contribution in [0, 0.1) is 30.9 Å². The summed E-state index contributed by atoms with van der Waals surface area (Å²) in [6, 6.07) is 1.46. The number of hydrogen-bond acceptors (Lipinski definition) is 8. The van der Waals surface area contributed by atoms with E-state index in [-0.39, 0.29) is 24.5 Å². The van der Waals surface area contributed by atoms with Crippen LogP contribution in [0.2, 0.25) is 0 Å².